The topological polar surface area (TPSA) is 66.1 Å². The van der Waals surface area contributed by atoms with E-state index in [1.807, 2.05) is 48.6 Å². The summed E-state index contributed by atoms with van der Waals surface area (Å²) in [5.74, 6) is 2.30. The lowest BCUT2D eigenvalue weighted by Crippen LogP contribution is -2.36. The molecule has 7 rings (SSSR count). The van der Waals surface area contributed by atoms with Crippen LogP contribution in [-0.4, -0.2) is 31.1 Å². The number of methoxy groups -OCH3 is 1. The van der Waals surface area contributed by atoms with Crippen LogP contribution in [0.5, 0.6) is 11.5 Å². The predicted octanol–water partition coefficient (Wildman–Crippen LogP) is 10.3. The van der Waals surface area contributed by atoms with Crippen LogP contribution in [0.2, 0.25) is 0 Å². The monoisotopic (exact) mass is 740 g/mol. The SMILES string of the molecule is CCCCCCc1ccc(C[n+]2c(/C=C3/C(=O)C(/C=C4/N(CC)c5cc(OCc6ccccc6)ccc5N4CCC)=C3O)sc3cc(OC)ccc32)cc1. The van der Waals surface area contributed by atoms with Gasteiger partial charge in [0.2, 0.25) is 11.3 Å². The number of aliphatic hydroxyl groups excluding tert-OH is 1. The third kappa shape index (κ3) is 7.66. The van der Waals surface area contributed by atoms with Gasteiger partial charge in [-0.15, -0.1) is 0 Å². The summed E-state index contributed by atoms with van der Waals surface area (Å²) in [5, 5.41) is 12.4. The van der Waals surface area contributed by atoms with Crippen molar-refractivity contribution in [2.45, 2.75) is 72.4 Å². The third-order valence-electron chi connectivity index (χ3n) is 10.3. The molecule has 4 aromatic carbocycles. The molecule has 0 fully saturated rings. The largest absolute Gasteiger partial charge is 0.506 e. The molecular weight excluding hydrogens is 691 g/mol. The summed E-state index contributed by atoms with van der Waals surface area (Å²) in [6.07, 6.45) is 10.7. The zero-order chi connectivity index (χ0) is 37.6. The van der Waals surface area contributed by atoms with Crippen molar-refractivity contribution >= 4 is 44.8 Å². The molecule has 0 atom stereocenters. The number of aryl methyl sites for hydroxylation is 1. The molecule has 2 aliphatic rings. The number of ketones is 1. The second kappa shape index (κ2) is 16.8. The maximum atomic E-state index is 13.9. The van der Waals surface area contributed by atoms with E-state index < -0.39 is 0 Å². The Labute approximate surface area is 323 Å². The molecule has 0 spiro atoms. The highest BCUT2D eigenvalue weighted by atomic mass is 32.1. The molecule has 0 saturated carbocycles. The standard InChI is InChI=1S/C46H49N3O4S/c1-5-8-9-11-14-32-17-19-33(20-18-32)30-49-40-24-21-35(52-4)27-42(40)54-44(49)29-38-45(50)37(46(38)51)28-43-47(7-3)41-26-36(22-23-39(41)48(43)25-6-2)53-31-34-15-12-10-13-16-34/h10,12-13,15-24,26-29H,5-9,11,14,25,30-31H2,1-4H3/p+1. The molecular formula is C46H50N3O4S+. The van der Waals surface area contributed by atoms with Crippen molar-refractivity contribution in [2.75, 3.05) is 30.0 Å². The Kier molecular flexibility index (Phi) is 11.5. The number of aromatic nitrogens is 1. The van der Waals surface area contributed by atoms with E-state index in [1.54, 1.807) is 18.4 Å². The molecule has 7 nitrogen and oxygen atoms in total. The van der Waals surface area contributed by atoms with E-state index in [4.69, 9.17) is 9.47 Å². The molecule has 8 heteroatoms. The Hall–Kier alpha value is -5.34. The van der Waals surface area contributed by atoms with Gasteiger partial charge in [-0.05, 0) is 61.6 Å². The van der Waals surface area contributed by atoms with Crippen molar-refractivity contribution < 1.29 is 23.9 Å². The first kappa shape index (κ1) is 37.0. The van der Waals surface area contributed by atoms with Gasteiger partial charge in [0.15, 0.2) is 6.54 Å². The number of rotatable bonds is 16. The van der Waals surface area contributed by atoms with Crippen LogP contribution in [0.25, 0.3) is 16.3 Å². The number of allylic oxidation sites excluding steroid dienone is 3. The summed E-state index contributed by atoms with van der Waals surface area (Å²) in [6.45, 7) is 9.08. The summed E-state index contributed by atoms with van der Waals surface area (Å²) in [5.41, 5.74) is 7.45. The molecule has 0 saturated heterocycles. The Bertz CT molecular complexity index is 2220. The van der Waals surface area contributed by atoms with E-state index >= 15 is 0 Å². The number of anilines is 2. The second-order valence-electron chi connectivity index (χ2n) is 14.0. The number of carbonyl (C=O) groups is 1. The molecule has 2 heterocycles. The van der Waals surface area contributed by atoms with Crippen molar-refractivity contribution in [3.8, 4) is 11.5 Å². The fourth-order valence-corrected chi connectivity index (χ4v) is 8.45. The number of benzene rings is 4. The number of Topliss-reactive ketones (excluding diaryl/α,β-unsaturated/α-hetero) is 1. The quantitative estimate of drug-likeness (QED) is 0.0617. The number of hydrogen-bond acceptors (Lipinski definition) is 7. The number of thiazole rings is 1. The Morgan fingerprint density at radius 3 is 2.28 bits per heavy atom. The van der Waals surface area contributed by atoms with Gasteiger partial charge in [0.1, 0.15) is 34.4 Å². The summed E-state index contributed by atoms with van der Waals surface area (Å²) < 4.78 is 15.0. The van der Waals surface area contributed by atoms with Crippen LogP contribution < -0.4 is 23.8 Å². The molecule has 54 heavy (non-hydrogen) atoms. The van der Waals surface area contributed by atoms with Gasteiger partial charge >= 0.3 is 0 Å². The molecule has 278 valence electrons. The molecule has 0 amide bonds. The average molecular weight is 741 g/mol. The number of fused-ring (bicyclic) bond motifs is 2. The van der Waals surface area contributed by atoms with Crippen molar-refractivity contribution in [1.82, 2.24) is 0 Å². The van der Waals surface area contributed by atoms with Gasteiger partial charge in [0, 0.05) is 42.9 Å². The molecule has 1 N–H and O–H groups in total. The molecule has 0 bridgehead atoms. The summed E-state index contributed by atoms with van der Waals surface area (Å²) >= 11 is 1.59. The van der Waals surface area contributed by atoms with Gasteiger partial charge in [0.25, 0.3) is 5.01 Å². The van der Waals surface area contributed by atoms with Crippen molar-refractivity contribution in [3.05, 3.63) is 141 Å². The number of nitrogens with zero attached hydrogens (tertiary/aromatic N) is 3. The number of carbonyl (C=O) groups excluding carboxylic acids is 1. The van der Waals surface area contributed by atoms with Crippen molar-refractivity contribution in [2.24, 2.45) is 0 Å². The number of unbranched alkanes of at least 4 members (excludes halogenated alkanes) is 3. The van der Waals surface area contributed by atoms with Gasteiger partial charge in [-0.3, -0.25) is 4.79 Å². The van der Waals surface area contributed by atoms with Gasteiger partial charge in [-0.25, -0.2) is 0 Å². The minimum atomic E-state index is -0.163. The average Bonchev–Trinajstić information content (AvgIpc) is 3.70. The highest BCUT2D eigenvalue weighted by molar-refractivity contribution is 7.18. The minimum Gasteiger partial charge on any atom is -0.506 e. The third-order valence-corrected chi connectivity index (χ3v) is 11.3. The first-order chi connectivity index (χ1) is 26.4. The second-order valence-corrected chi connectivity index (χ2v) is 15.0. The summed E-state index contributed by atoms with van der Waals surface area (Å²) in [6, 6.07) is 31.3. The van der Waals surface area contributed by atoms with Crippen LogP contribution in [0, 0.1) is 0 Å². The maximum absolute atomic E-state index is 13.9. The van der Waals surface area contributed by atoms with Crippen LogP contribution in [0.1, 0.15) is 74.6 Å². The zero-order valence-corrected chi connectivity index (χ0v) is 32.6. The molecule has 5 aromatic rings. The van der Waals surface area contributed by atoms with E-state index in [0.717, 1.165) is 68.9 Å². The van der Waals surface area contributed by atoms with Crippen molar-refractivity contribution in [1.29, 1.82) is 0 Å². The fourth-order valence-electron chi connectivity index (χ4n) is 7.31. The van der Waals surface area contributed by atoms with Gasteiger partial charge in [-0.1, -0.05) is 99.0 Å². The molecule has 1 aliphatic heterocycles. The number of hydrogen-bond donors (Lipinski definition) is 1. The molecule has 1 aromatic heterocycles. The van der Waals surface area contributed by atoms with Crippen LogP contribution >= 0.6 is 11.3 Å². The Balaban J connectivity index is 1.17. The van der Waals surface area contributed by atoms with Crippen LogP contribution in [-0.2, 0) is 24.4 Å². The van der Waals surface area contributed by atoms with Gasteiger partial charge in [-0.2, -0.15) is 4.57 Å². The first-order valence-electron chi connectivity index (χ1n) is 19.3. The highest BCUT2D eigenvalue weighted by Crippen LogP contribution is 2.45. The lowest BCUT2D eigenvalue weighted by Gasteiger charge is -2.26. The molecule has 1 aliphatic carbocycles. The lowest BCUT2D eigenvalue weighted by molar-refractivity contribution is -0.659. The first-order valence-corrected chi connectivity index (χ1v) is 20.1. The normalized spacial score (nSPS) is 15.4. The Morgan fingerprint density at radius 2 is 1.56 bits per heavy atom. The Morgan fingerprint density at radius 1 is 0.778 bits per heavy atom. The minimum absolute atomic E-state index is 0.0249. The molecule has 0 radical (unpaired) electrons. The predicted molar refractivity (Wildman–Crippen MR) is 221 cm³/mol. The van der Waals surface area contributed by atoms with Gasteiger partial charge < -0.3 is 24.4 Å². The van der Waals surface area contributed by atoms with Crippen LogP contribution in [0.4, 0.5) is 11.4 Å². The summed E-state index contributed by atoms with van der Waals surface area (Å²) in [4.78, 5) is 18.3. The van der Waals surface area contributed by atoms with Crippen molar-refractivity contribution in [3.63, 3.8) is 0 Å². The lowest BCUT2D eigenvalue weighted by atomic mass is 9.87. The highest BCUT2D eigenvalue weighted by Gasteiger charge is 2.38. The van der Waals surface area contributed by atoms with E-state index in [0.29, 0.717) is 30.8 Å². The summed E-state index contributed by atoms with van der Waals surface area (Å²) in [7, 11) is 1.67. The number of aliphatic hydroxyl groups is 1. The van der Waals surface area contributed by atoms with Crippen LogP contribution in [0.15, 0.2) is 120 Å². The van der Waals surface area contributed by atoms with E-state index in [1.165, 1.54) is 36.8 Å². The maximum Gasteiger partial charge on any atom is 0.263 e. The van der Waals surface area contributed by atoms with Crippen LogP contribution in [0.3, 0.4) is 0 Å². The van der Waals surface area contributed by atoms with Gasteiger partial charge in [0.05, 0.1) is 29.6 Å². The fraction of sp³-hybridized carbons (Fsp3) is 0.304. The van der Waals surface area contributed by atoms with E-state index in [-0.39, 0.29) is 11.5 Å². The smallest absolute Gasteiger partial charge is 0.263 e. The van der Waals surface area contributed by atoms with E-state index in [9.17, 15) is 9.90 Å². The molecule has 0 unspecified atom stereocenters. The zero-order valence-electron chi connectivity index (χ0n) is 31.8. The number of ether oxygens (including phenoxy) is 2. The van der Waals surface area contributed by atoms with E-state index in [2.05, 4.69) is 89.7 Å².